The van der Waals surface area contributed by atoms with Crippen molar-refractivity contribution in [2.75, 3.05) is 41.0 Å². The molecule has 28 nitrogen and oxygen atoms in total. The van der Waals surface area contributed by atoms with Crippen LogP contribution in [0.4, 0.5) is 0 Å². The molecular weight excluding hydrogens is 1810 g/mol. The van der Waals surface area contributed by atoms with Crippen LogP contribution in [0.5, 0.6) is 34.9 Å². The van der Waals surface area contributed by atoms with Crippen molar-refractivity contribution in [1.82, 2.24) is 44.6 Å². The number of hydrogen-bond donors (Lipinski definition) is 0. The van der Waals surface area contributed by atoms with Gasteiger partial charge in [0.15, 0.2) is 0 Å². The summed E-state index contributed by atoms with van der Waals surface area (Å²) < 4.78 is 53.9. The number of nitriles is 1. The van der Waals surface area contributed by atoms with Crippen LogP contribution in [0.15, 0.2) is 54.6 Å². The number of esters is 3. The molecule has 20 atom stereocenters. The molecule has 3 aromatic carbocycles. The molecule has 0 N–H and O–H groups in total. The third-order valence-electron chi connectivity index (χ3n) is 30.9. The van der Waals surface area contributed by atoms with Crippen molar-refractivity contribution in [3.05, 3.63) is 71.7 Å². The first-order valence-electron chi connectivity index (χ1n) is 48.7. The Bertz CT molecular complexity index is 5110. The molecule has 0 spiro atoms. The first-order chi connectivity index (χ1) is 63.2. The summed E-state index contributed by atoms with van der Waals surface area (Å²) >= 11 is 0. The predicted octanol–water partition coefficient (Wildman–Crippen LogP) is 15.3. The minimum absolute atomic E-state index is 0. The Hall–Kier alpha value is -8.45. The number of aryl methyl sites for hydroxylation is 3. The molecule has 18 rings (SSSR count). The van der Waals surface area contributed by atoms with Gasteiger partial charge in [-0.05, 0) is 218 Å². The number of nitrogens with zero attached hydrogens (tertiary/aromatic N) is 10. The number of carbonyl (C=O) groups excluding carboxylic acids is 9. The van der Waals surface area contributed by atoms with Gasteiger partial charge < -0.3 is 71.7 Å². The molecule has 9 fully saturated rings. The molecular formula is C102H129N10O18V3-3. The van der Waals surface area contributed by atoms with Crippen molar-refractivity contribution in [2.24, 2.45) is 82.9 Å². The van der Waals surface area contributed by atoms with Crippen LogP contribution in [0.25, 0.3) is 33.1 Å². The minimum atomic E-state index is -0.977. The van der Waals surface area contributed by atoms with Crippen LogP contribution in [0, 0.1) is 94.2 Å². The van der Waals surface area contributed by atoms with Gasteiger partial charge in [0.25, 0.3) is 0 Å². The summed E-state index contributed by atoms with van der Waals surface area (Å²) in [6, 6.07) is 16.5. The Balaban J connectivity index is 0.000000168. The second-order valence-electron chi connectivity index (χ2n) is 39.5. The topological polar surface area (TPSA) is 348 Å². The third-order valence-corrected chi connectivity index (χ3v) is 30.9. The fourth-order valence-electron chi connectivity index (χ4n) is 23.0. The summed E-state index contributed by atoms with van der Waals surface area (Å²) in [6.45, 7) is 8.20. The van der Waals surface area contributed by atoms with Crippen molar-refractivity contribution >= 4 is 87.6 Å². The van der Waals surface area contributed by atoms with Gasteiger partial charge in [-0.25, -0.2) is 48.8 Å². The van der Waals surface area contributed by atoms with E-state index >= 15 is 0 Å². The van der Waals surface area contributed by atoms with Gasteiger partial charge >= 0.3 is 17.9 Å². The number of fused-ring (bicyclic) bond motifs is 17. The molecule has 6 aromatic rings. The Kier molecular flexibility index (Phi) is 36.1. The average molecular weight is 1940 g/mol. The van der Waals surface area contributed by atoms with Crippen LogP contribution in [0.1, 0.15) is 250 Å². The maximum Gasteiger partial charge on any atom is 0.306 e. The molecule has 6 aliphatic carbocycles. The average Bonchev–Trinajstić information content (AvgIpc) is 1.61. The summed E-state index contributed by atoms with van der Waals surface area (Å²) in [5.41, 5.74) is 6.51. The van der Waals surface area contributed by atoms with Crippen LogP contribution in [-0.4, -0.2) is 195 Å². The number of rotatable bonds is 10. The monoisotopic (exact) mass is 1930 g/mol. The zero-order valence-corrected chi connectivity index (χ0v) is 82.2. The molecule has 3 aromatic heterocycles. The van der Waals surface area contributed by atoms with Gasteiger partial charge in [-0.1, -0.05) is 123 Å². The number of ether oxygens (including phenoxy) is 9. The van der Waals surface area contributed by atoms with E-state index in [0.29, 0.717) is 106 Å². The van der Waals surface area contributed by atoms with E-state index in [1.165, 1.54) is 11.3 Å². The van der Waals surface area contributed by atoms with Crippen molar-refractivity contribution in [2.45, 2.75) is 307 Å². The fourth-order valence-corrected chi connectivity index (χ4v) is 23.0. The Labute approximate surface area is 816 Å². The summed E-state index contributed by atoms with van der Waals surface area (Å²) in [5, 5.41) is 9.68. The molecule has 31 heteroatoms. The predicted molar refractivity (Wildman–Crippen MR) is 481 cm³/mol. The molecule has 9 heterocycles. The first kappa shape index (κ1) is 102. The number of benzene rings is 3. The van der Waals surface area contributed by atoms with E-state index in [0.717, 1.165) is 201 Å². The van der Waals surface area contributed by atoms with Crippen molar-refractivity contribution in [3.8, 4) is 41.0 Å². The number of hydrogen-bond acceptors (Lipinski definition) is 25. The van der Waals surface area contributed by atoms with Crippen LogP contribution in [0.2, 0.25) is 0 Å². The molecule has 3 amide bonds. The molecule has 2 unspecified atom stereocenters. The molecule has 133 heavy (non-hydrogen) atoms. The van der Waals surface area contributed by atoms with E-state index in [-0.39, 0.29) is 185 Å². The number of methoxy groups -OCH3 is 3. The largest absolute Gasteiger partial charge is 0.540 e. The zero-order chi connectivity index (χ0) is 90.8. The van der Waals surface area contributed by atoms with Crippen LogP contribution >= 0.6 is 0 Å². The zero-order valence-electron chi connectivity index (χ0n) is 78.0. The molecule has 3 saturated heterocycles. The van der Waals surface area contributed by atoms with Gasteiger partial charge in [0.2, 0.25) is 35.4 Å². The third kappa shape index (κ3) is 24.0. The van der Waals surface area contributed by atoms with Gasteiger partial charge in [0, 0.05) is 86.2 Å². The van der Waals surface area contributed by atoms with E-state index in [9.17, 15) is 48.4 Å². The maximum absolute atomic E-state index is 14.3. The van der Waals surface area contributed by atoms with E-state index in [4.69, 9.17) is 72.5 Å². The van der Waals surface area contributed by atoms with E-state index < -0.39 is 60.1 Å². The van der Waals surface area contributed by atoms with E-state index in [1.54, 1.807) is 37.2 Å². The summed E-state index contributed by atoms with van der Waals surface area (Å²) in [4.78, 5) is 153. The normalized spacial score (nSPS) is 30.8. The number of amides is 3. The van der Waals surface area contributed by atoms with Crippen molar-refractivity contribution < 1.29 is 141 Å². The fraction of sp³-hybridized carbons (Fsp3) is 0.667. The first-order valence-corrected chi connectivity index (χ1v) is 48.7. The number of carbonyl (C=O) groups is 6. The van der Waals surface area contributed by atoms with Crippen LogP contribution < -0.4 is 28.4 Å². The Morgan fingerprint density at radius 1 is 0.391 bits per heavy atom. The summed E-state index contributed by atoms with van der Waals surface area (Å²) in [6.07, 6.45) is 34.9. The van der Waals surface area contributed by atoms with Gasteiger partial charge in [0.05, 0.1) is 117 Å². The SMILES string of the molecule is COc1ccc2nc3c(nc2c1)O[C@H]1CN(C(=O)[C@H](C(C)C)CC(=O)O[C@@H]2CC4CC4[C@H]2CCCCC3)[C@H]([C-]=O)[C@@H]1CC#N.COc1ccc2nc3c(nc2c1)O[C@H]1CN(C(=O)[C@H](C2CCCCC2)CC(=O)O[C@@H]2CCC[C@H]2CCCCC3)[C@H]([C-]=O)[C@@H]1C.COc1ccc2nc3c(nc2c1)O[C@H]1CN(C(=O)[C@H](C2CCCCC2)CC(=O)O[C@@H]2C[C@H]2CCCCC3)[C@H]([C-]=O)[C@@H]1C.[V].[V].[V]. The van der Waals surface area contributed by atoms with Gasteiger partial charge in [-0.2, -0.15) is 5.26 Å². The Morgan fingerprint density at radius 3 is 1.22 bits per heavy atom. The molecule has 6 saturated carbocycles. The second-order valence-corrected chi connectivity index (χ2v) is 39.5. The summed E-state index contributed by atoms with van der Waals surface area (Å²) in [5.74, 6) is 1.28. The molecule has 713 valence electrons. The molecule has 6 bridgehead atoms. The molecule has 12 aliphatic rings. The summed E-state index contributed by atoms with van der Waals surface area (Å²) in [7, 11) is 4.83. The van der Waals surface area contributed by atoms with Crippen LogP contribution in [0.3, 0.4) is 0 Å². The molecule has 6 aliphatic heterocycles. The number of aromatic nitrogens is 6. The van der Waals surface area contributed by atoms with Gasteiger partial charge in [-0.3, -0.25) is 28.8 Å². The second kappa shape index (κ2) is 47.1. The minimum Gasteiger partial charge on any atom is -0.540 e. The smallest absolute Gasteiger partial charge is 0.306 e. The molecule has 3 radical (unpaired) electrons. The quantitative estimate of drug-likeness (QED) is 0.0698. The van der Waals surface area contributed by atoms with Gasteiger partial charge in [0.1, 0.15) is 71.0 Å². The standard InChI is InChI=1S/C35H46N3O6.C34H41N4O6.C33H42N3O6.3V/c1-22-30(21-39)38-20-32(22)44-34-28(36-27-17-16-25(42-2)18-29(27)37-34)14-8-4-7-12-24-13-9-15-31(24)43-33(40)19-26(35(38)41)23-10-5-3-6-11-23;1-19(2)24-16-32(40)43-30-14-20-13-25(20)22(30)7-5-4-6-8-27-33(37-28-15-21(42-3)9-10-26(28)36-27)44-31-17-38(34(24)41)29(18-39)23(31)11-12-35;1-20-28(19-37)36-18-30(20)42-32-26(34-25-14-13-23(40-2)16-27(25)35-32)12-8-4-7-11-22-15-29(22)41-31(38)17-24(33(36)39)21-9-5-3-6-10-21;;;/h16-18,22-24,26,30-32H,3-15,19-20H2,1-2H3;9-10,15,19-20,22-25,29-31H,4-8,11,13-14,16-17H2,1-3H3;13-14,16,20-22,24,28-30H,3-12,15,17-18H2,1-2H3;;;/q3*-1;;;/t22-,24+,26-,30+,31+,32-;20?,22-,23+,24+,25?,29-,30-,31+;20-,22+,24-,28+,29+,30-;;;/m010.../s1. The van der Waals surface area contributed by atoms with E-state index in [2.05, 4.69) is 18.6 Å². The van der Waals surface area contributed by atoms with Gasteiger partial charge in [-0.15, -0.1) is 0 Å². The van der Waals surface area contributed by atoms with Crippen molar-refractivity contribution in [3.63, 3.8) is 0 Å². The van der Waals surface area contributed by atoms with Crippen LogP contribution in [-0.2, 0) is 132 Å². The van der Waals surface area contributed by atoms with E-state index in [1.807, 2.05) is 82.5 Å². The maximum atomic E-state index is 14.3. The van der Waals surface area contributed by atoms with Crippen molar-refractivity contribution in [1.29, 1.82) is 5.26 Å². The Morgan fingerprint density at radius 2 is 0.774 bits per heavy atom.